The highest BCUT2D eigenvalue weighted by molar-refractivity contribution is 6.33. The highest BCUT2D eigenvalue weighted by Gasteiger charge is 2.40. The van der Waals surface area contributed by atoms with E-state index in [0.717, 1.165) is 38.2 Å². The van der Waals surface area contributed by atoms with E-state index in [1.165, 1.54) is 0 Å². The molecule has 3 heterocycles. The Morgan fingerprint density at radius 3 is 2.41 bits per heavy atom. The smallest absolute Gasteiger partial charge is 0.265 e. The van der Waals surface area contributed by atoms with E-state index in [9.17, 15) is 4.79 Å². The van der Waals surface area contributed by atoms with Gasteiger partial charge in [0.05, 0.1) is 16.8 Å². The quantitative estimate of drug-likeness (QED) is 0.735. The van der Waals surface area contributed by atoms with Crippen LogP contribution in [0.25, 0.3) is 0 Å². The topological polar surface area (TPSA) is 32.8 Å². The van der Waals surface area contributed by atoms with Crippen molar-refractivity contribution in [1.29, 1.82) is 0 Å². The number of hydrogen-bond acceptors (Lipinski definition) is 3. The molecule has 27 heavy (non-hydrogen) atoms. The zero-order valence-electron chi connectivity index (χ0n) is 15.0. The summed E-state index contributed by atoms with van der Waals surface area (Å²) in [6, 6.07) is 14.7. The number of anilines is 1. The molecular weight excluding hydrogens is 383 g/mol. The minimum atomic E-state index is -0.0724. The van der Waals surface area contributed by atoms with Crippen LogP contribution in [0.1, 0.15) is 12.8 Å². The minimum Gasteiger partial charge on any atom is -0.484 e. The van der Waals surface area contributed by atoms with Gasteiger partial charge in [-0.05, 0) is 68.2 Å². The maximum Gasteiger partial charge on any atom is 0.265 e. The third-order valence-corrected chi connectivity index (χ3v) is 6.08. The summed E-state index contributed by atoms with van der Waals surface area (Å²) in [7, 11) is 0. The lowest BCUT2D eigenvalue weighted by atomic mass is 9.83. The number of nitrogens with zero attached hydrogens (tertiary/aromatic N) is 2. The predicted octanol–water partition coefficient (Wildman–Crippen LogP) is 4.50. The highest BCUT2D eigenvalue weighted by atomic mass is 35.5. The van der Waals surface area contributed by atoms with Gasteiger partial charge in [-0.2, -0.15) is 0 Å². The molecule has 3 fully saturated rings. The molecule has 2 bridgehead atoms. The first-order chi connectivity index (χ1) is 13.1. The van der Waals surface area contributed by atoms with Crippen LogP contribution in [0.3, 0.4) is 0 Å². The average molecular weight is 405 g/mol. The Labute approximate surface area is 169 Å². The molecule has 0 aromatic heterocycles. The van der Waals surface area contributed by atoms with Crippen molar-refractivity contribution in [2.75, 3.05) is 31.1 Å². The Morgan fingerprint density at radius 1 is 1.07 bits per heavy atom. The number of carbonyl (C=O) groups is 1. The summed E-state index contributed by atoms with van der Waals surface area (Å²) < 4.78 is 5.73. The minimum absolute atomic E-state index is 0.0317. The number of amides is 1. The Balaban J connectivity index is 1.56. The summed E-state index contributed by atoms with van der Waals surface area (Å²) in [5.74, 6) is 1.06. The van der Waals surface area contributed by atoms with Crippen LogP contribution in [0.15, 0.2) is 48.5 Å². The lowest BCUT2D eigenvalue weighted by Gasteiger charge is -2.49. The van der Waals surface area contributed by atoms with Crippen molar-refractivity contribution >= 4 is 34.8 Å². The van der Waals surface area contributed by atoms with Gasteiger partial charge >= 0.3 is 0 Å². The summed E-state index contributed by atoms with van der Waals surface area (Å²) in [4.78, 5) is 17.5. The maximum absolute atomic E-state index is 13.2. The lowest BCUT2D eigenvalue weighted by molar-refractivity contribution is -0.122. The molecule has 0 aliphatic carbocycles. The van der Waals surface area contributed by atoms with Crippen molar-refractivity contribution < 1.29 is 9.53 Å². The van der Waals surface area contributed by atoms with Crippen LogP contribution in [0.2, 0.25) is 10.0 Å². The molecule has 2 aromatic carbocycles. The average Bonchev–Trinajstić information content (AvgIpc) is 2.70. The number of fused-ring (bicyclic) bond motifs is 3. The van der Waals surface area contributed by atoms with Crippen LogP contribution in [0.5, 0.6) is 5.75 Å². The fourth-order valence-electron chi connectivity index (χ4n) is 4.12. The van der Waals surface area contributed by atoms with Crippen LogP contribution in [0.4, 0.5) is 5.69 Å². The van der Waals surface area contributed by atoms with Gasteiger partial charge in [-0.25, -0.2) is 0 Å². The summed E-state index contributed by atoms with van der Waals surface area (Å²) in [6.45, 7) is 3.10. The molecular formula is C21H22Cl2N2O2. The largest absolute Gasteiger partial charge is 0.484 e. The summed E-state index contributed by atoms with van der Waals surface area (Å²) in [5, 5.41) is 1.23. The van der Waals surface area contributed by atoms with Gasteiger partial charge in [-0.3, -0.25) is 4.79 Å². The first-order valence-corrected chi connectivity index (χ1v) is 10.0. The van der Waals surface area contributed by atoms with Gasteiger partial charge in [0.25, 0.3) is 5.91 Å². The van der Waals surface area contributed by atoms with Crippen LogP contribution in [-0.2, 0) is 4.79 Å². The van der Waals surface area contributed by atoms with Crippen LogP contribution in [0, 0.1) is 5.92 Å². The summed E-state index contributed by atoms with van der Waals surface area (Å²) >= 11 is 12.4. The van der Waals surface area contributed by atoms with E-state index in [1.54, 1.807) is 24.3 Å². The maximum atomic E-state index is 13.2. The second-order valence-electron chi connectivity index (χ2n) is 7.16. The molecule has 1 amide bonds. The molecule has 6 heteroatoms. The van der Waals surface area contributed by atoms with Crippen LogP contribution in [-0.4, -0.2) is 43.1 Å². The van der Waals surface area contributed by atoms with Gasteiger partial charge in [0, 0.05) is 11.6 Å². The van der Waals surface area contributed by atoms with Gasteiger partial charge < -0.3 is 14.5 Å². The van der Waals surface area contributed by atoms with Gasteiger partial charge in [0.1, 0.15) is 5.75 Å². The lowest BCUT2D eigenvalue weighted by Crippen LogP contribution is -2.59. The number of rotatable bonds is 5. The highest BCUT2D eigenvalue weighted by Crippen LogP contribution is 2.36. The molecule has 0 saturated carbocycles. The molecule has 0 unspecified atom stereocenters. The number of carbonyl (C=O) groups excluding carboxylic acids is 1. The molecule has 0 spiro atoms. The van der Waals surface area contributed by atoms with E-state index in [0.29, 0.717) is 21.7 Å². The Hall–Kier alpha value is -1.75. The second-order valence-corrected chi connectivity index (χ2v) is 8.01. The van der Waals surface area contributed by atoms with Crippen molar-refractivity contribution in [1.82, 2.24) is 4.90 Å². The number of hydrogen-bond donors (Lipinski definition) is 0. The first-order valence-electron chi connectivity index (χ1n) is 9.29. The van der Waals surface area contributed by atoms with Crippen molar-refractivity contribution in [3.8, 4) is 5.75 Å². The second kappa shape index (κ2) is 8.09. The van der Waals surface area contributed by atoms with Crippen molar-refractivity contribution in [2.45, 2.75) is 18.9 Å². The molecule has 142 valence electrons. The van der Waals surface area contributed by atoms with E-state index in [-0.39, 0.29) is 18.6 Å². The first kappa shape index (κ1) is 18.6. The van der Waals surface area contributed by atoms with Crippen molar-refractivity contribution in [3.63, 3.8) is 0 Å². The van der Waals surface area contributed by atoms with Gasteiger partial charge in [0.2, 0.25) is 0 Å². The van der Waals surface area contributed by atoms with Gasteiger partial charge in [0.15, 0.2) is 6.61 Å². The normalized spacial score (nSPS) is 23.9. The van der Waals surface area contributed by atoms with E-state index in [4.69, 9.17) is 27.9 Å². The van der Waals surface area contributed by atoms with Gasteiger partial charge in [-0.15, -0.1) is 0 Å². The third-order valence-electron chi connectivity index (χ3n) is 5.51. The Morgan fingerprint density at radius 2 is 1.78 bits per heavy atom. The molecule has 5 rings (SSSR count). The number of para-hydroxylation sites is 1. The molecule has 4 nitrogen and oxygen atoms in total. The van der Waals surface area contributed by atoms with Crippen LogP contribution < -0.4 is 9.64 Å². The fourth-order valence-corrected chi connectivity index (χ4v) is 4.47. The Bertz CT molecular complexity index is 804. The summed E-state index contributed by atoms with van der Waals surface area (Å²) in [6.07, 6.45) is 2.24. The third kappa shape index (κ3) is 4.08. The van der Waals surface area contributed by atoms with Crippen molar-refractivity contribution in [2.24, 2.45) is 5.92 Å². The molecule has 3 aliphatic heterocycles. The van der Waals surface area contributed by atoms with E-state index < -0.39 is 0 Å². The Kier molecular flexibility index (Phi) is 5.58. The molecule has 2 aromatic rings. The number of ether oxygens (including phenoxy) is 1. The molecule has 3 saturated heterocycles. The zero-order chi connectivity index (χ0) is 18.8. The molecule has 0 radical (unpaired) electrons. The number of piperidine rings is 3. The summed E-state index contributed by atoms with van der Waals surface area (Å²) in [5.41, 5.74) is 0.766. The van der Waals surface area contributed by atoms with Crippen molar-refractivity contribution in [3.05, 3.63) is 58.6 Å². The molecule has 1 atom stereocenters. The standard InChI is InChI=1S/C21H22Cl2N2O2/c22-16-5-7-17(8-6-16)27-14-21(26)25(19-4-2-1-3-18(19)23)20-13-24-11-9-15(20)10-12-24/h1-8,15,20H,9-14H2/t20-/m0/s1. The monoisotopic (exact) mass is 404 g/mol. The molecule has 0 N–H and O–H groups in total. The number of halogens is 2. The predicted molar refractivity (Wildman–Crippen MR) is 109 cm³/mol. The van der Waals surface area contributed by atoms with E-state index >= 15 is 0 Å². The fraction of sp³-hybridized carbons (Fsp3) is 0.381. The van der Waals surface area contributed by atoms with E-state index in [2.05, 4.69) is 4.90 Å². The zero-order valence-corrected chi connectivity index (χ0v) is 16.5. The van der Waals surface area contributed by atoms with E-state index in [1.807, 2.05) is 29.2 Å². The molecule has 3 aliphatic rings. The van der Waals surface area contributed by atoms with Crippen LogP contribution >= 0.6 is 23.2 Å². The van der Waals surface area contributed by atoms with Gasteiger partial charge in [-0.1, -0.05) is 35.3 Å². The number of benzene rings is 2. The SMILES string of the molecule is O=C(COc1ccc(Cl)cc1)N(c1ccccc1Cl)[C@H]1CN2CCC1CC2.